The van der Waals surface area contributed by atoms with Crippen molar-refractivity contribution in [1.82, 2.24) is 19.9 Å². The lowest BCUT2D eigenvalue weighted by Gasteiger charge is -2.48. The van der Waals surface area contributed by atoms with Crippen molar-refractivity contribution in [3.8, 4) is 0 Å². The molecule has 0 bridgehead atoms. The minimum Gasteiger partial charge on any atom is -0.354 e. The lowest BCUT2D eigenvalue weighted by molar-refractivity contribution is -0.138. The summed E-state index contributed by atoms with van der Waals surface area (Å²) in [5, 5.41) is 0. The Morgan fingerprint density at radius 3 is 2.77 bits per heavy atom. The van der Waals surface area contributed by atoms with Crippen LogP contribution in [0.5, 0.6) is 0 Å². The van der Waals surface area contributed by atoms with Gasteiger partial charge in [0.25, 0.3) is 0 Å². The lowest BCUT2D eigenvalue weighted by Crippen LogP contribution is -2.54. The smallest absolute Gasteiger partial charge is 0.222 e. The molecule has 2 aliphatic heterocycles. The van der Waals surface area contributed by atoms with E-state index < -0.39 is 0 Å². The van der Waals surface area contributed by atoms with Crippen molar-refractivity contribution >= 4 is 11.7 Å². The van der Waals surface area contributed by atoms with E-state index in [0.717, 1.165) is 56.1 Å². The van der Waals surface area contributed by atoms with Crippen LogP contribution in [0.3, 0.4) is 0 Å². The number of nitrogens with zero attached hydrogens (tertiary/aromatic N) is 5. The normalized spacial score (nSPS) is 23.5. The highest BCUT2D eigenvalue weighted by molar-refractivity contribution is 5.77. The molecule has 1 amide bonds. The Labute approximate surface area is 154 Å². The second kappa shape index (κ2) is 7.02. The maximum atomic E-state index is 12.5. The van der Waals surface area contributed by atoms with Gasteiger partial charge in [0, 0.05) is 50.1 Å². The van der Waals surface area contributed by atoms with Crippen molar-refractivity contribution in [2.45, 2.75) is 39.2 Å². The highest BCUT2D eigenvalue weighted by atomic mass is 16.2. The summed E-state index contributed by atoms with van der Waals surface area (Å²) >= 11 is 0. The molecule has 6 nitrogen and oxygen atoms in total. The maximum absolute atomic E-state index is 12.5. The molecule has 0 aromatic carbocycles. The van der Waals surface area contributed by atoms with Gasteiger partial charge < -0.3 is 9.80 Å². The number of aryl methyl sites for hydroxylation is 1. The van der Waals surface area contributed by atoms with Crippen LogP contribution in [0.2, 0.25) is 0 Å². The van der Waals surface area contributed by atoms with Gasteiger partial charge in [0.2, 0.25) is 5.91 Å². The average molecular weight is 351 g/mol. The number of carbonyl (C=O) groups excluding carboxylic acids is 1. The Balaban J connectivity index is 1.52. The molecule has 4 rings (SSSR count). The minimum absolute atomic E-state index is 0.144. The first-order chi connectivity index (χ1) is 12.7. The Hall–Kier alpha value is -2.50. The number of carbonyl (C=O) groups is 1. The van der Waals surface area contributed by atoms with Crippen molar-refractivity contribution in [2.75, 3.05) is 24.5 Å². The van der Waals surface area contributed by atoms with E-state index in [1.54, 1.807) is 18.6 Å². The summed E-state index contributed by atoms with van der Waals surface area (Å²) in [5.74, 6) is 1.23. The number of amides is 1. The molecule has 0 N–H and O–H groups in total. The zero-order chi connectivity index (χ0) is 18.0. The van der Waals surface area contributed by atoms with Crippen LogP contribution in [0.25, 0.3) is 0 Å². The van der Waals surface area contributed by atoms with E-state index in [-0.39, 0.29) is 11.3 Å². The predicted molar refractivity (Wildman–Crippen MR) is 99.5 cm³/mol. The standard InChI is InChI=1S/C20H25N5O/c1-16-19(23-11-10-21-16)24-12-4-7-20(14-24)8-6-18(26)25(15-20)13-17-5-2-3-9-22-17/h2-3,5,9-11H,4,6-8,12-15H2,1H3/t20-/m1/s1. The van der Waals surface area contributed by atoms with Crippen LogP contribution in [-0.4, -0.2) is 45.4 Å². The Kier molecular flexibility index (Phi) is 4.57. The van der Waals surface area contributed by atoms with E-state index in [9.17, 15) is 4.79 Å². The Morgan fingerprint density at radius 2 is 1.96 bits per heavy atom. The number of hydrogen-bond acceptors (Lipinski definition) is 5. The highest BCUT2D eigenvalue weighted by Crippen LogP contribution is 2.40. The SMILES string of the molecule is Cc1nccnc1N1CCC[C@@]2(CCC(=O)N(Cc3ccccn3)C2)C1. The molecule has 0 aliphatic carbocycles. The van der Waals surface area contributed by atoms with Gasteiger partial charge in [0.05, 0.1) is 17.9 Å². The lowest BCUT2D eigenvalue weighted by atomic mass is 9.73. The van der Waals surface area contributed by atoms with E-state index in [1.165, 1.54) is 0 Å². The molecular formula is C20H25N5O. The number of aromatic nitrogens is 3. The van der Waals surface area contributed by atoms with E-state index in [4.69, 9.17) is 0 Å². The summed E-state index contributed by atoms with van der Waals surface area (Å²) in [4.78, 5) is 30.2. The molecule has 2 aromatic rings. The largest absolute Gasteiger partial charge is 0.354 e. The molecule has 2 aromatic heterocycles. The van der Waals surface area contributed by atoms with Gasteiger partial charge in [-0.05, 0) is 38.3 Å². The van der Waals surface area contributed by atoms with Crippen molar-refractivity contribution in [1.29, 1.82) is 0 Å². The number of piperidine rings is 2. The minimum atomic E-state index is 0.144. The molecule has 0 radical (unpaired) electrons. The molecular weight excluding hydrogens is 326 g/mol. The Morgan fingerprint density at radius 1 is 1.08 bits per heavy atom. The van der Waals surface area contributed by atoms with E-state index >= 15 is 0 Å². The highest BCUT2D eigenvalue weighted by Gasteiger charge is 2.42. The van der Waals surface area contributed by atoms with Crippen LogP contribution in [-0.2, 0) is 11.3 Å². The van der Waals surface area contributed by atoms with Gasteiger partial charge in [-0.3, -0.25) is 14.8 Å². The number of hydrogen-bond donors (Lipinski definition) is 0. The molecule has 2 saturated heterocycles. The van der Waals surface area contributed by atoms with Gasteiger partial charge >= 0.3 is 0 Å². The van der Waals surface area contributed by atoms with Crippen LogP contribution >= 0.6 is 0 Å². The average Bonchev–Trinajstić information content (AvgIpc) is 2.66. The molecule has 0 unspecified atom stereocenters. The summed E-state index contributed by atoms with van der Waals surface area (Å²) in [7, 11) is 0. The van der Waals surface area contributed by atoms with Crippen molar-refractivity contribution in [3.63, 3.8) is 0 Å². The topological polar surface area (TPSA) is 62.2 Å². The first-order valence-corrected chi connectivity index (χ1v) is 9.35. The van der Waals surface area contributed by atoms with Gasteiger partial charge in [-0.2, -0.15) is 0 Å². The van der Waals surface area contributed by atoms with Gasteiger partial charge in [-0.15, -0.1) is 0 Å². The number of rotatable bonds is 3. The summed E-state index contributed by atoms with van der Waals surface area (Å²) in [6.45, 7) is 5.37. The zero-order valence-corrected chi connectivity index (χ0v) is 15.3. The number of anilines is 1. The Bertz CT molecular complexity index is 781. The van der Waals surface area contributed by atoms with Gasteiger partial charge in [-0.1, -0.05) is 6.07 Å². The maximum Gasteiger partial charge on any atom is 0.222 e. The van der Waals surface area contributed by atoms with Gasteiger partial charge in [0.1, 0.15) is 5.82 Å². The summed E-state index contributed by atoms with van der Waals surface area (Å²) in [5.41, 5.74) is 2.07. The zero-order valence-electron chi connectivity index (χ0n) is 15.3. The summed E-state index contributed by atoms with van der Waals surface area (Å²) in [6, 6.07) is 5.88. The molecule has 6 heteroatoms. The first-order valence-electron chi connectivity index (χ1n) is 9.35. The molecule has 26 heavy (non-hydrogen) atoms. The van der Waals surface area contributed by atoms with Crippen molar-refractivity contribution in [2.24, 2.45) is 5.41 Å². The fourth-order valence-electron chi connectivity index (χ4n) is 4.37. The molecule has 1 atom stereocenters. The fraction of sp³-hybridized carbons (Fsp3) is 0.500. The van der Waals surface area contributed by atoms with Crippen LogP contribution in [0.15, 0.2) is 36.8 Å². The molecule has 4 heterocycles. The quantitative estimate of drug-likeness (QED) is 0.850. The van der Waals surface area contributed by atoms with E-state index in [2.05, 4.69) is 19.9 Å². The molecule has 136 valence electrons. The van der Waals surface area contributed by atoms with E-state index in [0.29, 0.717) is 13.0 Å². The monoisotopic (exact) mass is 351 g/mol. The van der Waals surface area contributed by atoms with Crippen LogP contribution in [0.4, 0.5) is 5.82 Å². The number of pyridine rings is 1. The summed E-state index contributed by atoms with van der Waals surface area (Å²) < 4.78 is 0. The number of likely N-dealkylation sites (tertiary alicyclic amines) is 1. The third-order valence-corrected chi connectivity index (χ3v) is 5.64. The van der Waals surface area contributed by atoms with Crippen LogP contribution < -0.4 is 4.90 Å². The molecule has 2 fully saturated rings. The van der Waals surface area contributed by atoms with Crippen molar-refractivity contribution in [3.05, 3.63) is 48.2 Å². The predicted octanol–water partition coefficient (Wildman–Crippen LogP) is 2.59. The first kappa shape index (κ1) is 16.9. The molecule has 1 spiro atoms. The summed E-state index contributed by atoms with van der Waals surface area (Å²) in [6.07, 6.45) is 9.17. The second-order valence-electron chi connectivity index (χ2n) is 7.56. The molecule has 0 saturated carbocycles. The molecule has 2 aliphatic rings. The van der Waals surface area contributed by atoms with Gasteiger partial charge in [-0.25, -0.2) is 4.98 Å². The fourth-order valence-corrected chi connectivity index (χ4v) is 4.37. The van der Waals surface area contributed by atoms with Gasteiger partial charge in [0.15, 0.2) is 0 Å². The van der Waals surface area contributed by atoms with Crippen molar-refractivity contribution < 1.29 is 4.79 Å². The van der Waals surface area contributed by atoms with Crippen LogP contribution in [0.1, 0.15) is 37.1 Å². The second-order valence-corrected chi connectivity index (χ2v) is 7.56. The third kappa shape index (κ3) is 3.41. The van der Waals surface area contributed by atoms with Crippen LogP contribution in [0, 0.1) is 12.3 Å². The third-order valence-electron chi connectivity index (χ3n) is 5.64. The van der Waals surface area contributed by atoms with E-state index in [1.807, 2.05) is 30.0 Å².